The summed E-state index contributed by atoms with van der Waals surface area (Å²) >= 11 is 0. The molecule has 2 rings (SSSR count). The van der Waals surface area contributed by atoms with E-state index in [-0.39, 0.29) is 6.04 Å². The Balaban J connectivity index is 2.22. The summed E-state index contributed by atoms with van der Waals surface area (Å²) in [7, 11) is 2.07. The van der Waals surface area contributed by atoms with Gasteiger partial charge in [-0.15, -0.1) is 0 Å². The lowest BCUT2D eigenvalue weighted by molar-refractivity contribution is 0.239. The van der Waals surface area contributed by atoms with Crippen LogP contribution in [0.15, 0.2) is 17.2 Å². The van der Waals surface area contributed by atoms with E-state index >= 15 is 0 Å². The molecule has 120 valence electrons. The van der Waals surface area contributed by atoms with Gasteiger partial charge in [0.1, 0.15) is 4.90 Å². The molecule has 1 fully saturated rings. The van der Waals surface area contributed by atoms with Gasteiger partial charge in [0.25, 0.3) is 0 Å². The minimum Gasteiger partial charge on any atom is -0.352 e. The van der Waals surface area contributed by atoms with Crippen LogP contribution in [0.2, 0.25) is 0 Å². The Labute approximate surface area is 128 Å². The van der Waals surface area contributed by atoms with Crippen LogP contribution in [0.5, 0.6) is 0 Å². The maximum Gasteiger partial charge on any atom is 0.244 e. The Morgan fingerprint density at radius 2 is 2.14 bits per heavy atom. The van der Waals surface area contributed by atoms with Gasteiger partial charge >= 0.3 is 0 Å². The van der Waals surface area contributed by atoms with Crippen LogP contribution < -0.4 is 5.32 Å². The van der Waals surface area contributed by atoms with E-state index in [4.69, 9.17) is 0 Å². The average Bonchev–Trinajstić information content (AvgIpc) is 2.80. The van der Waals surface area contributed by atoms with E-state index < -0.39 is 10.0 Å². The predicted molar refractivity (Wildman–Crippen MR) is 84.5 cm³/mol. The van der Waals surface area contributed by atoms with Crippen molar-refractivity contribution in [1.29, 1.82) is 0 Å². The number of hydrogen-bond acceptors (Lipinski definition) is 3. The number of aromatic nitrogens is 1. The van der Waals surface area contributed by atoms with Gasteiger partial charge in [0.05, 0.1) is 0 Å². The number of rotatable bonds is 5. The van der Waals surface area contributed by atoms with Crippen molar-refractivity contribution < 1.29 is 8.42 Å². The zero-order chi connectivity index (χ0) is 15.6. The van der Waals surface area contributed by atoms with Gasteiger partial charge in [-0.1, -0.05) is 19.8 Å². The summed E-state index contributed by atoms with van der Waals surface area (Å²) in [5.74, 6) is 0.608. The number of nitrogens with zero attached hydrogens (tertiary/aromatic N) is 2. The van der Waals surface area contributed by atoms with Gasteiger partial charge < -0.3 is 9.88 Å². The van der Waals surface area contributed by atoms with E-state index in [1.54, 1.807) is 23.6 Å². The largest absolute Gasteiger partial charge is 0.352 e. The molecule has 0 spiro atoms. The van der Waals surface area contributed by atoms with Crippen molar-refractivity contribution in [3.8, 4) is 0 Å². The van der Waals surface area contributed by atoms with Crippen molar-refractivity contribution in [3.05, 3.63) is 18.0 Å². The number of sulfonamides is 1. The Bertz CT molecular complexity index is 580. The van der Waals surface area contributed by atoms with Crippen molar-refractivity contribution in [2.45, 2.75) is 50.1 Å². The van der Waals surface area contributed by atoms with Crippen LogP contribution in [0.4, 0.5) is 0 Å². The standard InChI is InChI=1S/C15H27N3O2S/c1-12-6-5-7-13(8-12)18(4)21(19,20)15-9-14(10-16-2)17(3)11-15/h9,11-13,16H,5-8,10H2,1-4H3. The third-order valence-electron chi connectivity index (χ3n) is 4.54. The molecule has 1 aromatic heterocycles. The van der Waals surface area contributed by atoms with Crippen molar-refractivity contribution in [3.63, 3.8) is 0 Å². The molecule has 0 aromatic carbocycles. The van der Waals surface area contributed by atoms with Crippen LogP contribution in [-0.2, 0) is 23.6 Å². The molecule has 5 nitrogen and oxygen atoms in total. The lowest BCUT2D eigenvalue weighted by Crippen LogP contribution is -2.39. The van der Waals surface area contributed by atoms with Gasteiger partial charge in [0.2, 0.25) is 10.0 Å². The average molecular weight is 313 g/mol. The second kappa shape index (κ2) is 6.50. The maximum absolute atomic E-state index is 12.8. The Morgan fingerprint density at radius 1 is 1.43 bits per heavy atom. The molecular weight excluding hydrogens is 286 g/mol. The van der Waals surface area contributed by atoms with Gasteiger partial charge in [-0.2, -0.15) is 4.31 Å². The molecular formula is C15H27N3O2S. The zero-order valence-corrected chi connectivity index (χ0v) is 14.3. The Hall–Kier alpha value is -0.850. The highest BCUT2D eigenvalue weighted by Crippen LogP contribution is 2.30. The van der Waals surface area contributed by atoms with E-state index in [1.807, 2.05) is 18.7 Å². The van der Waals surface area contributed by atoms with E-state index in [2.05, 4.69) is 12.2 Å². The first kappa shape index (κ1) is 16.5. The molecule has 1 saturated carbocycles. The lowest BCUT2D eigenvalue weighted by Gasteiger charge is -2.33. The lowest BCUT2D eigenvalue weighted by atomic mass is 9.87. The van der Waals surface area contributed by atoms with Crippen LogP contribution in [0.3, 0.4) is 0 Å². The van der Waals surface area contributed by atoms with Crippen LogP contribution in [-0.4, -0.2) is 37.4 Å². The van der Waals surface area contributed by atoms with Crippen LogP contribution in [0, 0.1) is 5.92 Å². The van der Waals surface area contributed by atoms with Gasteiger partial charge in [-0.3, -0.25) is 0 Å². The van der Waals surface area contributed by atoms with Gasteiger partial charge in [0, 0.05) is 38.6 Å². The maximum atomic E-state index is 12.8. The van der Waals surface area contributed by atoms with E-state index in [0.717, 1.165) is 25.0 Å². The van der Waals surface area contributed by atoms with Crippen molar-refractivity contribution in [2.24, 2.45) is 13.0 Å². The molecule has 1 aromatic rings. The quantitative estimate of drug-likeness (QED) is 0.904. The summed E-state index contributed by atoms with van der Waals surface area (Å²) in [6.45, 7) is 2.87. The first-order valence-electron chi connectivity index (χ1n) is 7.64. The zero-order valence-electron chi connectivity index (χ0n) is 13.5. The molecule has 1 N–H and O–H groups in total. The molecule has 0 bridgehead atoms. The highest BCUT2D eigenvalue weighted by Gasteiger charge is 2.31. The minimum absolute atomic E-state index is 0.131. The molecule has 1 aliphatic rings. The van der Waals surface area contributed by atoms with E-state index in [0.29, 0.717) is 17.4 Å². The molecule has 0 aliphatic heterocycles. The first-order chi connectivity index (χ1) is 9.86. The van der Waals surface area contributed by atoms with Gasteiger partial charge in [0.15, 0.2) is 0 Å². The summed E-state index contributed by atoms with van der Waals surface area (Å²) in [4.78, 5) is 0.399. The fourth-order valence-corrected chi connectivity index (χ4v) is 4.66. The second-order valence-electron chi connectivity index (χ2n) is 6.26. The Kier molecular flexibility index (Phi) is 5.11. The fraction of sp³-hybridized carbons (Fsp3) is 0.733. The fourth-order valence-electron chi connectivity index (χ4n) is 3.17. The normalized spacial score (nSPS) is 23.7. The van der Waals surface area contributed by atoms with Crippen LogP contribution in [0.25, 0.3) is 0 Å². The molecule has 21 heavy (non-hydrogen) atoms. The summed E-state index contributed by atoms with van der Waals surface area (Å²) in [6.07, 6.45) is 5.97. The van der Waals surface area contributed by atoms with Crippen molar-refractivity contribution >= 4 is 10.0 Å². The Morgan fingerprint density at radius 3 is 2.76 bits per heavy atom. The number of aryl methyl sites for hydroxylation is 1. The third kappa shape index (κ3) is 3.49. The topological polar surface area (TPSA) is 54.3 Å². The molecule has 0 radical (unpaired) electrons. The number of nitrogens with one attached hydrogen (secondary N) is 1. The smallest absolute Gasteiger partial charge is 0.244 e. The summed E-state index contributed by atoms with van der Waals surface area (Å²) < 4.78 is 29.1. The van der Waals surface area contributed by atoms with Gasteiger partial charge in [-0.25, -0.2) is 8.42 Å². The van der Waals surface area contributed by atoms with Crippen molar-refractivity contribution in [2.75, 3.05) is 14.1 Å². The van der Waals surface area contributed by atoms with Gasteiger partial charge in [-0.05, 0) is 31.9 Å². The molecule has 0 amide bonds. The molecule has 2 unspecified atom stereocenters. The van der Waals surface area contributed by atoms with Crippen molar-refractivity contribution in [1.82, 2.24) is 14.2 Å². The minimum atomic E-state index is -3.40. The highest BCUT2D eigenvalue weighted by atomic mass is 32.2. The third-order valence-corrected chi connectivity index (χ3v) is 6.42. The highest BCUT2D eigenvalue weighted by molar-refractivity contribution is 7.89. The monoisotopic (exact) mass is 313 g/mol. The summed E-state index contributed by atoms with van der Waals surface area (Å²) in [5.41, 5.74) is 0.974. The van der Waals surface area contributed by atoms with E-state index in [1.165, 1.54) is 6.42 Å². The molecule has 0 saturated heterocycles. The predicted octanol–water partition coefficient (Wildman–Crippen LogP) is 1.94. The second-order valence-corrected chi connectivity index (χ2v) is 8.25. The van der Waals surface area contributed by atoms with Crippen LogP contribution in [0.1, 0.15) is 38.3 Å². The van der Waals surface area contributed by atoms with Crippen LogP contribution >= 0.6 is 0 Å². The first-order valence-corrected chi connectivity index (χ1v) is 9.08. The number of hydrogen-bond donors (Lipinski definition) is 1. The molecule has 2 atom stereocenters. The molecule has 6 heteroatoms. The molecule has 1 heterocycles. The van der Waals surface area contributed by atoms with E-state index in [9.17, 15) is 8.42 Å². The molecule has 1 aliphatic carbocycles. The summed E-state index contributed by atoms with van der Waals surface area (Å²) in [5, 5.41) is 3.06. The SMILES string of the molecule is CNCc1cc(S(=O)(=O)N(C)C2CCCC(C)C2)cn1C. The summed E-state index contributed by atoms with van der Waals surface area (Å²) in [6, 6.07) is 1.90.